The van der Waals surface area contributed by atoms with Crippen molar-refractivity contribution in [1.82, 2.24) is 19.9 Å². The normalized spacial score (nSPS) is 11.6. The van der Waals surface area contributed by atoms with Crippen molar-refractivity contribution >= 4 is 22.6 Å². The third-order valence-electron chi connectivity index (χ3n) is 5.31. The lowest BCUT2D eigenvalue weighted by Gasteiger charge is -2.15. The zero-order valence-electron chi connectivity index (χ0n) is 18.2. The minimum Gasteiger partial charge on any atom is -0.496 e. The van der Waals surface area contributed by atoms with Crippen molar-refractivity contribution in [3.63, 3.8) is 0 Å². The van der Waals surface area contributed by atoms with E-state index < -0.39 is 18.6 Å². The number of hydrogen-bond donors (Lipinski definition) is 3. The van der Waals surface area contributed by atoms with Crippen LogP contribution in [0.25, 0.3) is 28.0 Å². The van der Waals surface area contributed by atoms with Gasteiger partial charge in [0, 0.05) is 17.3 Å². The van der Waals surface area contributed by atoms with Crippen LogP contribution in [0, 0.1) is 6.92 Å². The largest absolute Gasteiger partial charge is 0.496 e. The monoisotopic (exact) mass is 471 g/mol. The van der Waals surface area contributed by atoms with E-state index in [0.29, 0.717) is 22.6 Å². The number of carbonyl (C=O) groups is 1. The van der Waals surface area contributed by atoms with Crippen LogP contribution in [0.15, 0.2) is 53.6 Å². The van der Waals surface area contributed by atoms with E-state index in [-0.39, 0.29) is 22.4 Å². The van der Waals surface area contributed by atoms with Crippen molar-refractivity contribution in [2.24, 2.45) is 0 Å². The SMILES string of the molecule is COc1cc(-n2c(-c3ccc(N)cc3)c(C)c3nc[nH]c(=O)c32)ccc1C(=O)NCC(F)(F)F. The van der Waals surface area contributed by atoms with Gasteiger partial charge in [0.1, 0.15) is 17.8 Å². The maximum absolute atomic E-state index is 12.8. The molecule has 176 valence electrons. The summed E-state index contributed by atoms with van der Waals surface area (Å²) in [6.45, 7) is 0.355. The lowest BCUT2D eigenvalue weighted by atomic mass is 10.1. The molecule has 0 atom stereocenters. The number of carbonyl (C=O) groups excluding carboxylic acids is 1. The highest BCUT2D eigenvalue weighted by molar-refractivity contribution is 5.97. The quantitative estimate of drug-likeness (QED) is 0.385. The van der Waals surface area contributed by atoms with Gasteiger partial charge >= 0.3 is 6.18 Å². The van der Waals surface area contributed by atoms with Crippen molar-refractivity contribution in [3.8, 4) is 22.7 Å². The molecule has 4 N–H and O–H groups in total. The molecule has 0 unspecified atom stereocenters. The highest BCUT2D eigenvalue weighted by Crippen LogP contribution is 2.35. The van der Waals surface area contributed by atoms with E-state index in [4.69, 9.17) is 10.5 Å². The average molecular weight is 471 g/mol. The van der Waals surface area contributed by atoms with Crippen molar-refractivity contribution < 1.29 is 22.7 Å². The van der Waals surface area contributed by atoms with Gasteiger partial charge in [-0.3, -0.25) is 9.59 Å². The molecule has 0 radical (unpaired) electrons. The van der Waals surface area contributed by atoms with Crippen molar-refractivity contribution in [2.75, 3.05) is 19.4 Å². The first kappa shape index (κ1) is 22.9. The fourth-order valence-electron chi connectivity index (χ4n) is 3.79. The number of nitrogen functional groups attached to an aromatic ring is 1. The van der Waals surface area contributed by atoms with Crippen molar-refractivity contribution in [3.05, 3.63) is 70.3 Å². The third-order valence-corrected chi connectivity index (χ3v) is 5.31. The smallest absolute Gasteiger partial charge is 0.405 e. The Labute approximate surface area is 191 Å². The highest BCUT2D eigenvalue weighted by atomic mass is 19.4. The predicted molar refractivity (Wildman–Crippen MR) is 121 cm³/mol. The first-order valence-electron chi connectivity index (χ1n) is 10.1. The summed E-state index contributed by atoms with van der Waals surface area (Å²) >= 11 is 0. The molecule has 0 saturated heterocycles. The average Bonchev–Trinajstić information content (AvgIpc) is 3.11. The molecule has 11 heteroatoms. The van der Waals surface area contributed by atoms with Gasteiger partial charge in [-0.1, -0.05) is 12.1 Å². The first-order valence-corrected chi connectivity index (χ1v) is 10.1. The Morgan fingerprint density at radius 3 is 2.56 bits per heavy atom. The molecular formula is C23H20F3N5O3. The second-order valence-corrected chi connectivity index (χ2v) is 7.54. The number of amides is 1. The number of H-pyrrole nitrogens is 1. The van der Waals surface area contributed by atoms with Gasteiger partial charge in [-0.05, 0) is 36.8 Å². The van der Waals surface area contributed by atoms with Crippen LogP contribution in [0.5, 0.6) is 5.75 Å². The van der Waals surface area contributed by atoms with E-state index in [0.717, 1.165) is 11.1 Å². The number of hydrogen-bond acceptors (Lipinski definition) is 5. The van der Waals surface area contributed by atoms with Crippen LogP contribution in [0.2, 0.25) is 0 Å². The standard InChI is InChI=1S/C23H20F3N5O3/c1-12-18-20(22(33)30-11-29-18)31(19(12)13-3-5-14(27)6-4-13)15-7-8-16(17(9-15)34-2)21(32)28-10-23(24,25)26/h3-9,11H,10,27H2,1-2H3,(H,28,32)(H,29,30,33). The number of ether oxygens (including phenoxy) is 1. The van der Waals surface area contributed by atoms with Gasteiger partial charge < -0.3 is 25.3 Å². The Hall–Kier alpha value is -4.28. The zero-order valence-corrected chi connectivity index (χ0v) is 18.2. The lowest BCUT2D eigenvalue weighted by Crippen LogP contribution is -2.33. The number of nitrogens with one attached hydrogen (secondary N) is 2. The number of methoxy groups -OCH3 is 1. The molecule has 4 rings (SSSR count). The summed E-state index contributed by atoms with van der Waals surface area (Å²) in [5.74, 6) is -0.896. The van der Waals surface area contributed by atoms with Gasteiger partial charge in [-0.2, -0.15) is 13.2 Å². The minimum atomic E-state index is -4.55. The van der Waals surface area contributed by atoms with Gasteiger partial charge in [0.25, 0.3) is 11.5 Å². The van der Waals surface area contributed by atoms with E-state index in [1.807, 2.05) is 12.2 Å². The lowest BCUT2D eigenvalue weighted by molar-refractivity contribution is -0.123. The molecule has 0 saturated carbocycles. The number of rotatable bonds is 5. The highest BCUT2D eigenvalue weighted by Gasteiger charge is 2.29. The van der Waals surface area contributed by atoms with Crippen LogP contribution in [0.3, 0.4) is 0 Å². The van der Waals surface area contributed by atoms with Crippen LogP contribution in [-0.2, 0) is 0 Å². The van der Waals surface area contributed by atoms with Crippen LogP contribution >= 0.6 is 0 Å². The van der Waals surface area contributed by atoms with Crippen molar-refractivity contribution in [1.29, 1.82) is 0 Å². The van der Waals surface area contributed by atoms with Crippen LogP contribution < -0.4 is 21.3 Å². The number of aromatic amines is 1. The minimum absolute atomic E-state index is 0.0419. The molecule has 0 bridgehead atoms. The summed E-state index contributed by atoms with van der Waals surface area (Å²) in [5, 5.41) is 1.83. The summed E-state index contributed by atoms with van der Waals surface area (Å²) in [6, 6.07) is 11.4. The molecule has 0 aliphatic carbocycles. The number of nitrogens with zero attached hydrogens (tertiary/aromatic N) is 2. The molecule has 2 aromatic heterocycles. The van der Waals surface area contributed by atoms with Crippen LogP contribution in [-0.4, -0.2) is 40.3 Å². The maximum Gasteiger partial charge on any atom is 0.405 e. The fraction of sp³-hybridized carbons (Fsp3) is 0.174. The molecule has 8 nitrogen and oxygen atoms in total. The molecule has 0 spiro atoms. The van der Waals surface area contributed by atoms with E-state index in [9.17, 15) is 22.8 Å². The topological polar surface area (TPSA) is 115 Å². The molecular weight excluding hydrogens is 451 g/mol. The van der Waals surface area contributed by atoms with E-state index in [1.54, 1.807) is 28.8 Å². The number of halogens is 3. The third kappa shape index (κ3) is 4.19. The number of anilines is 1. The number of aryl methyl sites for hydroxylation is 1. The summed E-state index contributed by atoms with van der Waals surface area (Å²) in [6.07, 6.45) is -3.24. The van der Waals surface area contributed by atoms with Gasteiger partial charge in [0.05, 0.1) is 35.9 Å². The fourth-order valence-corrected chi connectivity index (χ4v) is 3.79. The number of nitrogens with two attached hydrogens (primary N) is 1. The molecule has 2 aromatic carbocycles. The Bertz CT molecular complexity index is 1440. The Balaban J connectivity index is 1.91. The number of aromatic nitrogens is 3. The first-order chi connectivity index (χ1) is 16.1. The Kier molecular flexibility index (Phi) is 5.78. The maximum atomic E-state index is 12.8. The molecule has 34 heavy (non-hydrogen) atoms. The summed E-state index contributed by atoms with van der Waals surface area (Å²) in [7, 11) is 1.30. The van der Waals surface area contributed by atoms with E-state index in [1.165, 1.54) is 31.6 Å². The van der Waals surface area contributed by atoms with Crippen LogP contribution in [0.4, 0.5) is 18.9 Å². The molecule has 0 fully saturated rings. The zero-order chi connectivity index (χ0) is 24.6. The second kappa shape index (κ2) is 8.58. The van der Waals surface area contributed by atoms with Gasteiger partial charge in [0.2, 0.25) is 0 Å². The van der Waals surface area contributed by atoms with Gasteiger partial charge in [-0.25, -0.2) is 4.98 Å². The number of fused-ring (bicyclic) bond motifs is 1. The summed E-state index contributed by atoms with van der Waals surface area (Å²) in [5.41, 5.74) is 9.27. The predicted octanol–water partition coefficient (Wildman–Crippen LogP) is 3.57. The summed E-state index contributed by atoms with van der Waals surface area (Å²) < 4.78 is 44.5. The molecule has 4 aromatic rings. The van der Waals surface area contributed by atoms with Gasteiger partial charge in [-0.15, -0.1) is 0 Å². The Morgan fingerprint density at radius 2 is 1.91 bits per heavy atom. The van der Waals surface area contributed by atoms with Gasteiger partial charge in [0.15, 0.2) is 0 Å². The van der Waals surface area contributed by atoms with Crippen molar-refractivity contribution in [2.45, 2.75) is 13.1 Å². The summed E-state index contributed by atoms with van der Waals surface area (Å²) in [4.78, 5) is 32.0. The molecule has 0 aliphatic rings. The van der Waals surface area contributed by atoms with E-state index in [2.05, 4.69) is 9.97 Å². The molecule has 0 aliphatic heterocycles. The number of alkyl halides is 3. The molecule has 1 amide bonds. The van der Waals surface area contributed by atoms with Crippen LogP contribution in [0.1, 0.15) is 15.9 Å². The van der Waals surface area contributed by atoms with E-state index >= 15 is 0 Å². The number of benzene rings is 2. The molecule has 2 heterocycles. The second-order valence-electron chi connectivity index (χ2n) is 7.54. The Morgan fingerprint density at radius 1 is 1.21 bits per heavy atom.